The minimum absolute atomic E-state index is 0.0422. The second-order valence-corrected chi connectivity index (χ2v) is 5.66. The Balaban J connectivity index is 1.91. The fourth-order valence-corrected chi connectivity index (χ4v) is 2.27. The molecule has 0 aliphatic heterocycles. The number of amides is 1. The van der Waals surface area contributed by atoms with Crippen molar-refractivity contribution in [1.82, 2.24) is 10.2 Å². The summed E-state index contributed by atoms with van der Waals surface area (Å²) in [6.07, 6.45) is 2.24. The third-order valence-corrected chi connectivity index (χ3v) is 4.01. The van der Waals surface area contributed by atoms with Gasteiger partial charge in [0.1, 0.15) is 5.75 Å². The Morgan fingerprint density at radius 1 is 1.53 bits per heavy atom. The van der Waals surface area contributed by atoms with Gasteiger partial charge in [0.2, 0.25) is 0 Å². The topological polar surface area (TPSA) is 41.6 Å². The first kappa shape index (κ1) is 14.3. The van der Waals surface area contributed by atoms with E-state index in [0.717, 1.165) is 35.2 Å². The number of hydrogen-bond donors (Lipinski definition) is 1. The molecule has 1 aliphatic rings. The van der Waals surface area contributed by atoms with Crippen molar-refractivity contribution in [1.29, 1.82) is 0 Å². The van der Waals surface area contributed by atoms with Gasteiger partial charge < -0.3 is 15.0 Å². The molecule has 1 saturated carbocycles. The van der Waals surface area contributed by atoms with Gasteiger partial charge in [0.05, 0.1) is 0 Å². The molecule has 0 saturated heterocycles. The highest BCUT2D eigenvalue weighted by molar-refractivity contribution is 9.10. The highest BCUT2D eigenvalue weighted by atomic mass is 79.9. The lowest BCUT2D eigenvalue weighted by Crippen LogP contribution is -2.33. The van der Waals surface area contributed by atoms with Gasteiger partial charge in [-0.25, -0.2) is 0 Å². The highest BCUT2D eigenvalue weighted by Gasteiger charge is 2.29. The van der Waals surface area contributed by atoms with Gasteiger partial charge in [0.25, 0.3) is 5.91 Å². The molecule has 1 aromatic carbocycles. The molecule has 19 heavy (non-hydrogen) atoms. The number of nitrogens with one attached hydrogen (secondary N) is 1. The highest BCUT2D eigenvalue weighted by Crippen LogP contribution is 2.26. The van der Waals surface area contributed by atoms with E-state index in [4.69, 9.17) is 4.74 Å². The number of ether oxygens (including phenoxy) is 1. The van der Waals surface area contributed by atoms with E-state index in [9.17, 15) is 4.79 Å². The largest absolute Gasteiger partial charge is 0.484 e. The minimum atomic E-state index is 0.0422. The van der Waals surface area contributed by atoms with Gasteiger partial charge in [-0.05, 0) is 43.7 Å². The van der Waals surface area contributed by atoms with Crippen molar-refractivity contribution in [2.45, 2.75) is 25.4 Å². The number of benzene rings is 1. The molecule has 0 aromatic heterocycles. The first-order valence-electron chi connectivity index (χ1n) is 6.43. The van der Waals surface area contributed by atoms with Crippen LogP contribution < -0.4 is 10.1 Å². The van der Waals surface area contributed by atoms with Gasteiger partial charge in [-0.2, -0.15) is 0 Å². The van der Waals surface area contributed by atoms with Crippen molar-refractivity contribution in [2.24, 2.45) is 0 Å². The normalized spacial score (nSPS) is 14.3. The van der Waals surface area contributed by atoms with Crippen molar-refractivity contribution in [3.05, 3.63) is 28.2 Å². The summed E-state index contributed by atoms with van der Waals surface area (Å²) in [6, 6.07) is 6.19. The zero-order valence-corrected chi connectivity index (χ0v) is 12.9. The SMILES string of the molecule is CNCc1cc(OCC(=O)N(C)C2CC2)ccc1Br. The van der Waals surface area contributed by atoms with E-state index in [1.807, 2.05) is 32.3 Å². The third kappa shape index (κ3) is 3.94. The first-order valence-corrected chi connectivity index (χ1v) is 7.22. The summed E-state index contributed by atoms with van der Waals surface area (Å²) < 4.78 is 6.61. The van der Waals surface area contributed by atoms with Crippen molar-refractivity contribution in [2.75, 3.05) is 20.7 Å². The molecular weight excluding hydrogens is 308 g/mol. The summed E-state index contributed by atoms with van der Waals surface area (Å²) in [5, 5.41) is 3.10. The zero-order chi connectivity index (χ0) is 13.8. The van der Waals surface area contributed by atoms with Gasteiger partial charge in [-0.15, -0.1) is 0 Å². The summed E-state index contributed by atoms with van der Waals surface area (Å²) in [7, 11) is 3.74. The van der Waals surface area contributed by atoms with Gasteiger partial charge in [-0.1, -0.05) is 15.9 Å². The predicted molar refractivity (Wildman–Crippen MR) is 78.2 cm³/mol. The van der Waals surface area contributed by atoms with E-state index < -0.39 is 0 Å². The standard InChI is InChI=1S/C14H19BrN2O2/c1-16-8-10-7-12(5-6-13(10)15)19-9-14(18)17(2)11-3-4-11/h5-7,11,16H,3-4,8-9H2,1-2H3. The van der Waals surface area contributed by atoms with Crippen LogP contribution >= 0.6 is 15.9 Å². The fraction of sp³-hybridized carbons (Fsp3) is 0.500. The van der Waals surface area contributed by atoms with Crippen LogP contribution in [0.15, 0.2) is 22.7 Å². The van der Waals surface area contributed by atoms with E-state index >= 15 is 0 Å². The lowest BCUT2D eigenvalue weighted by Gasteiger charge is -2.16. The van der Waals surface area contributed by atoms with Crippen LogP contribution in [0.25, 0.3) is 0 Å². The molecule has 0 unspecified atom stereocenters. The smallest absolute Gasteiger partial charge is 0.260 e. The van der Waals surface area contributed by atoms with E-state index in [0.29, 0.717) is 6.04 Å². The van der Waals surface area contributed by atoms with Crippen LogP contribution in [-0.4, -0.2) is 37.6 Å². The quantitative estimate of drug-likeness (QED) is 0.871. The molecule has 1 amide bonds. The molecule has 1 fully saturated rings. The molecule has 1 aromatic rings. The van der Waals surface area contributed by atoms with Crippen molar-refractivity contribution in [3.8, 4) is 5.75 Å². The van der Waals surface area contributed by atoms with Crippen LogP contribution in [0.2, 0.25) is 0 Å². The molecule has 0 spiro atoms. The Morgan fingerprint density at radius 2 is 2.26 bits per heavy atom. The molecule has 104 valence electrons. The molecule has 0 atom stereocenters. The van der Waals surface area contributed by atoms with Crippen LogP contribution in [-0.2, 0) is 11.3 Å². The summed E-state index contributed by atoms with van der Waals surface area (Å²) in [4.78, 5) is 13.6. The summed E-state index contributed by atoms with van der Waals surface area (Å²) in [6.45, 7) is 0.862. The van der Waals surface area contributed by atoms with Crippen LogP contribution in [0.1, 0.15) is 18.4 Å². The second-order valence-electron chi connectivity index (χ2n) is 4.81. The maximum absolute atomic E-state index is 11.9. The van der Waals surface area contributed by atoms with Crippen molar-refractivity contribution in [3.63, 3.8) is 0 Å². The summed E-state index contributed by atoms with van der Waals surface area (Å²) in [5.74, 6) is 0.770. The molecule has 5 heteroatoms. The number of nitrogens with zero attached hydrogens (tertiary/aromatic N) is 1. The number of carbonyl (C=O) groups excluding carboxylic acids is 1. The van der Waals surface area contributed by atoms with Gasteiger partial charge in [0, 0.05) is 24.1 Å². The maximum atomic E-state index is 11.9. The first-order chi connectivity index (χ1) is 9.11. The molecule has 0 radical (unpaired) electrons. The Bertz CT molecular complexity index is 461. The van der Waals surface area contributed by atoms with Crippen molar-refractivity contribution >= 4 is 21.8 Å². The molecule has 0 heterocycles. The lowest BCUT2D eigenvalue weighted by atomic mass is 10.2. The van der Waals surface area contributed by atoms with E-state index in [-0.39, 0.29) is 12.5 Å². The second kappa shape index (κ2) is 6.39. The number of hydrogen-bond acceptors (Lipinski definition) is 3. The van der Waals surface area contributed by atoms with Gasteiger partial charge >= 0.3 is 0 Å². The van der Waals surface area contributed by atoms with Crippen LogP contribution in [0, 0.1) is 0 Å². The maximum Gasteiger partial charge on any atom is 0.260 e. The Labute approximate surface area is 122 Å². The Hall–Kier alpha value is -1.07. The third-order valence-electron chi connectivity index (χ3n) is 3.23. The van der Waals surface area contributed by atoms with Gasteiger partial charge in [-0.3, -0.25) is 4.79 Å². The van der Waals surface area contributed by atoms with Crippen LogP contribution in [0.4, 0.5) is 0 Å². The summed E-state index contributed by atoms with van der Waals surface area (Å²) in [5.41, 5.74) is 1.11. The lowest BCUT2D eigenvalue weighted by molar-refractivity contribution is -0.132. The van der Waals surface area contributed by atoms with Crippen LogP contribution in [0.3, 0.4) is 0 Å². The monoisotopic (exact) mass is 326 g/mol. The number of carbonyl (C=O) groups is 1. The molecule has 0 bridgehead atoms. The fourth-order valence-electron chi connectivity index (χ4n) is 1.88. The minimum Gasteiger partial charge on any atom is -0.484 e. The van der Waals surface area contributed by atoms with Crippen molar-refractivity contribution < 1.29 is 9.53 Å². The average molecular weight is 327 g/mol. The molecule has 1 N–H and O–H groups in total. The molecular formula is C14H19BrN2O2. The molecule has 2 rings (SSSR count). The zero-order valence-electron chi connectivity index (χ0n) is 11.3. The van der Waals surface area contributed by atoms with E-state index in [1.54, 1.807) is 4.90 Å². The number of likely N-dealkylation sites (N-methyl/N-ethyl adjacent to an activating group) is 1. The van der Waals surface area contributed by atoms with Crippen LogP contribution in [0.5, 0.6) is 5.75 Å². The van der Waals surface area contributed by atoms with E-state index in [2.05, 4.69) is 21.2 Å². The van der Waals surface area contributed by atoms with E-state index in [1.165, 1.54) is 0 Å². The Morgan fingerprint density at radius 3 is 2.89 bits per heavy atom. The Kier molecular flexibility index (Phi) is 4.82. The molecule has 4 nitrogen and oxygen atoms in total. The predicted octanol–water partition coefficient (Wildman–Crippen LogP) is 2.17. The number of rotatable bonds is 6. The number of halogens is 1. The molecule has 1 aliphatic carbocycles. The summed E-state index contributed by atoms with van der Waals surface area (Å²) >= 11 is 3.49. The average Bonchev–Trinajstić information content (AvgIpc) is 3.23. The van der Waals surface area contributed by atoms with Gasteiger partial charge in [0.15, 0.2) is 6.61 Å².